The smallest absolute Gasteiger partial charge is 0.355 e. The van der Waals surface area contributed by atoms with Crippen LogP contribution in [0, 0.1) is 0 Å². The molecule has 2 N–H and O–H groups in total. The third-order valence-electron chi connectivity index (χ3n) is 3.00. The zero-order valence-electron chi connectivity index (χ0n) is 9.85. The topological polar surface area (TPSA) is 65.5 Å². The minimum atomic E-state index is -0.965. The molecule has 1 unspecified atom stereocenters. The van der Waals surface area contributed by atoms with E-state index in [-0.39, 0.29) is 5.69 Å². The number of carboxylic acids is 1. The van der Waals surface area contributed by atoms with Gasteiger partial charge in [-0.25, -0.2) is 9.78 Å². The second-order valence-corrected chi connectivity index (χ2v) is 5.08. The van der Waals surface area contributed by atoms with Crippen molar-refractivity contribution >= 4 is 22.4 Å². The van der Waals surface area contributed by atoms with Gasteiger partial charge in [-0.05, 0) is 25.9 Å². The number of hydrogen-bond donors (Lipinski definition) is 2. The molecule has 0 spiro atoms. The summed E-state index contributed by atoms with van der Waals surface area (Å²) in [7, 11) is 0. The minimum absolute atomic E-state index is 0.126. The Morgan fingerprint density at radius 2 is 2.59 bits per heavy atom. The van der Waals surface area contributed by atoms with Gasteiger partial charge < -0.3 is 15.3 Å². The summed E-state index contributed by atoms with van der Waals surface area (Å²) in [4.78, 5) is 17.2. The van der Waals surface area contributed by atoms with Crippen molar-refractivity contribution in [3.63, 3.8) is 0 Å². The van der Waals surface area contributed by atoms with Crippen LogP contribution in [0.2, 0.25) is 0 Å². The lowest BCUT2D eigenvalue weighted by molar-refractivity contribution is 0.0691. The van der Waals surface area contributed by atoms with E-state index in [1.165, 1.54) is 17.8 Å². The fourth-order valence-corrected chi connectivity index (χ4v) is 2.84. The number of anilines is 1. The van der Waals surface area contributed by atoms with Crippen LogP contribution >= 0.6 is 11.3 Å². The quantitative estimate of drug-likeness (QED) is 0.858. The highest BCUT2D eigenvalue weighted by atomic mass is 32.1. The Balaban J connectivity index is 1.93. The molecule has 1 aliphatic rings. The maximum Gasteiger partial charge on any atom is 0.355 e. The summed E-state index contributed by atoms with van der Waals surface area (Å²) in [5.74, 6) is -0.965. The van der Waals surface area contributed by atoms with Crippen molar-refractivity contribution in [3.05, 3.63) is 11.1 Å². The highest BCUT2D eigenvalue weighted by Gasteiger charge is 2.19. The average molecular weight is 255 g/mol. The van der Waals surface area contributed by atoms with Gasteiger partial charge >= 0.3 is 5.97 Å². The molecule has 0 saturated carbocycles. The molecule has 1 aromatic rings. The van der Waals surface area contributed by atoms with Crippen LogP contribution < -0.4 is 5.32 Å². The first-order chi connectivity index (χ1) is 8.19. The molecule has 1 atom stereocenters. The summed E-state index contributed by atoms with van der Waals surface area (Å²) in [5, 5.41) is 14.4. The van der Waals surface area contributed by atoms with E-state index in [0.717, 1.165) is 26.1 Å². The third kappa shape index (κ3) is 3.17. The van der Waals surface area contributed by atoms with Gasteiger partial charge in [0.2, 0.25) is 0 Å². The minimum Gasteiger partial charge on any atom is -0.476 e. The number of thiazole rings is 1. The van der Waals surface area contributed by atoms with Gasteiger partial charge in [-0.3, -0.25) is 0 Å². The van der Waals surface area contributed by atoms with Crippen LogP contribution in [0.4, 0.5) is 5.13 Å². The predicted molar refractivity (Wildman–Crippen MR) is 67.8 cm³/mol. The van der Waals surface area contributed by atoms with Crippen molar-refractivity contribution in [3.8, 4) is 0 Å². The zero-order chi connectivity index (χ0) is 12.3. The number of likely N-dealkylation sites (N-methyl/N-ethyl adjacent to an activating group) is 1. The van der Waals surface area contributed by atoms with Gasteiger partial charge in [-0.2, -0.15) is 0 Å². The molecule has 17 heavy (non-hydrogen) atoms. The van der Waals surface area contributed by atoms with E-state index < -0.39 is 5.97 Å². The number of hydrogen-bond acceptors (Lipinski definition) is 5. The third-order valence-corrected chi connectivity index (χ3v) is 3.78. The monoisotopic (exact) mass is 255 g/mol. The Hall–Kier alpha value is -1.14. The van der Waals surface area contributed by atoms with Crippen LogP contribution in [0.3, 0.4) is 0 Å². The number of carbonyl (C=O) groups is 1. The van der Waals surface area contributed by atoms with Gasteiger partial charge in [0, 0.05) is 18.0 Å². The largest absolute Gasteiger partial charge is 0.476 e. The van der Waals surface area contributed by atoms with Crippen LogP contribution in [0.15, 0.2) is 5.38 Å². The van der Waals surface area contributed by atoms with Crippen LogP contribution in [-0.2, 0) is 0 Å². The molecule has 0 radical (unpaired) electrons. The number of aromatic carboxylic acids is 1. The van der Waals surface area contributed by atoms with E-state index >= 15 is 0 Å². The second kappa shape index (κ2) is 5.46. The second-order valence-electron chi connectivity index (χ2n) is 4.22. The molecular weight excluding hydrogens is 238 g/mol. The summed E-state index contributed by atoms with van der Waals surface area (Å²) >= 11 is 1.36. The van der Waals surface area contributed by atoms with Gasteiger partial charge in [0.25, 0.3) is 0 Å². The number of nitrogens with one attached hydrogen (secondary N) is 1. The van der Waals surface area contributed by atoms with Crippen molar-refractivity contribution in [1.29, 1.82) is 0 Å². The van der Waals surface area contributed by atoms with E-state index in [1.807, 2.05) is 0 Å². The summed E-state index contributed by atoms with van der Waals surface area (Å²) in [6.45, 7) is 5.40. The molecule has 6 heteroatoms. The normalized spacial score (nSPS) is 21.4. The first kappa shape index (κ1) is 12.3. The molecular formula is C11H17N3O2S. The van der Waals surface area contributed by atoms with Crippen LogP contribution in [0.1, 0.15) is 30.3 Å². The standard InChI is InChI=1S/C11H17N3O2S/c1-2-14-5-3-4-8(6-14)12-11-13-9(7-17-11)10(15)16/h7-8H,2-6H2,1H3,(H,12,13)(H,15,16). The summed E-state index contributed by atoms with van der Waals surface area (Å²) in [6, 6.07) is 0.386. The van der Waals surface area contributed by atoms with Crippen molar-refractivity contribution in [2.45, 2.75) is 25.8 Å². The summed E-state index contributed by atoms with van der Waals surface area (Å²) < 4.78 is 0. The lowest BCUT2D eigenvalue weighted by atomic mass is 10.1. The SMILES string of the molecule is CCN1CCCC(Nc2nc(C(=O)O)cs2)C1. The van der Waals surface area contributed by atoms with E-state index in [9.17, 15) is 4.79 Å². The maximum atomic E-state index is 10.7. The highest BCUT2D eigenvalue weighted by Crippen LogP contribution is 2.19. The molecule has 94 valence electrons. The van der Waals surface area contributed by atoms with Crippen LogP contribution in [0.5, 0.6) is 0 Å². The van der Waals surface area contributed by atoms with Gasteiger partial charge in [0.15, 0.2) is 10.8 Å². The number of piperidine rings is 1. The first-order valence-corrected chi connectivity index (χ1v) is 6.74. The zero-order valence-corrected chi connectivity index (χ0v) is 10.7. The number of carboxylic acid groups (broad SMARTS) is 1. The van der Waals surface area contributed by atoms with Crippen molar-refractivity contribution < 1.29 is 9.90 Å². The Bertz CT molecular complexity index is 394. The fourth-order valence-electron chi connectivity index (χ4n) is 2.07. The van der Waals surface area contributed by atoms with Gasteiger partial charge in [0.1, 0.15) is 0 Å². The molecule has 0 aliphatic carbocycles. The molecule has 5 nitrogen and oxygen atoms in total. The Morgan fingerprint density at radius 1 is 1.76 bits per heavy atom. The van der Waals surface area contributed by atoms with Crippen molar-refractivity contribution in [2.75, 3.05) is 25.0 Å². The van der Waals surface area contributed by atoms with E-state index in [4.69, 9.17) is 5.11 Å². The van der Waals surface area contributed by atoms with Gasteiger partial charge in [-0.1, -0.05) is 6.92 Å². The lowest BCUT2D eigenvalue weighted by Crippen LogP contribution is -2.41. The molecule has 0 aromatic carbocycles. The van der Waals surface area contributed by atoms with Crippen LogP contribution in [0.25, 0.3) is 0 Å². The highest BCUT2D eigenvalue weighted by molar-refractivity contribution is 7.13. The number of aromatic nitrogens is 1. The molecule has 1 aromatic heterocycles. The molecule has 2 heterocycles. The van der Waals surface area contributed by atoms with Gasteiger partial charge in [-0.15, -0.1) is 11.3 Å². The fraction of sp³-hybridized carbons (Fsp3) is 0.636. The molecule has 0 bridgehead atoms. The van der Waals surface area contributed by atoms with E-state index in [1.54, 1.807) is 5.38 Å². The Labute approximate surface area is 104 Å². The molecule has 1 aliphatic heterocycles. The van der Waals surface area contributed by atoms with Crippen molar-refractivity contribution in [2.24, 2.45) is 0 Å². The number of likely N-dealkylation sites (tertiary alicyclic amines) is 1. The molecule has 0 amide bonds. The van der Waals surface area contributed by atoms with E-state index in [2.05, 4.69) is 22.1 Å². The molecule has 1 fully saturated rings. The Kier molecular flexibility index (Phi) is 3.96. The summed E-state index contributed by atoms with van der Waals surface area (Å²) in [6.07, 6.45) is 2.31. The van der Waals surface area contributed by atoms with Crippen LogP contribution in [-0.4, -0.2) is 46.6 Å². The number of nitrogens with zero attached hydrogens (tertiary/aromatic N) is 2. The molecule has 2 rings (SSSR count). The van der Waals surface area contributed by atoms with E-state index in [0.29, 0.717) is 11.2 Å². The molecule has 1 saturated heterocycles. The summed E-state index contributed by atoms with van der Waals surface area (Å²) in [5.41, 5.74) is 0.126. The maximum absolute atomic E-state index is 10.7. The van der Waals surface area contributed by atoms with Gasteiger partial charge in [0.05, 0.1) is 0 Å². The number of rotatable bonds is 4. The average Bonchev–Trinajstić information content (AvgIpc) is 2.78. The first-order valence-electron chi connectivity index (χ1n) is 5.86. The predicted octanol–water partition coefficient (Wildman–Crippen LogP) is 1.74. The Morgan fingerprint density at radius 3 is 3.24 bits per heavy atom. The van der Waals surface area contributed by atoms with Crippen molar-refractivity contribution in [1.82, 2.24) is 9.88 Å². The lowest BCUT2D eigenvalue weighted by Gasteiger charge is -2.32.